The van der Waals surface area contributed by atoms with Gasteiger partial charge in [-0.15, -0.1) is 4.40 Å². The third-order valence-corrected chi connectivity index (χ3v) is 4.14. The maximum Gasteiger partial charge on any atom is 0.288 e. The zero-order valence-electron chi connectivity index (χ0n) is 10.4. The van der Waals surface area contributed by atoms with Crippen LogP contribution in [-0.4, -0.2) is 40.4 Å². The number of rotatable bonds is 5. The standard InChI is InChI=1S/C11H15BrN2O3S/c1-4-17-10-7-5-6-9(12)11(10)18(15,16)13-8-14(2)3/h5-8H,4H2,1-3H3/b13-8+. The molecule has 1 rings (SSSR count). The van der Waals surface area contributed by atoms with Gasteiger partial charge in [-0.3, -0.25) is 0 Å². The first-order valence-electron chi connectivity index (χ1n) is 5.26. The Morgan fingerprint density at radius 1 is 1.44 bits per heavy atom. The lowest BCUT2D eigenvalue weighted by atomic mass is 10.3. The number of benzene rings is 1. The van der Waals surface area contributed by atoms with Gasteiger partial charge in [0.25, 0.3) is 10.0 Å². The first-order chi connectivity index (χ1) is 8.38. The van der Waals surface area contributed by atoms with E-state index in [2.05, 4.69) is 20.3 Å². The van der Waals surface area contributed by atoms with Crippen molar-refractivity contribution >= 4 is 32.3 Å². The summed E-state index contributed by atoms with van der Waals surface area (Å²) in [5.74, 6) is 0.294. The van der Waals surface area contributed by atoms with E-state index in [1.165, 1.54) is 6.34 Å². The van der Waals surface area contributed by atoms with Gasteiger partial charge >= 0.3 is 0 Å². The van der Waals surface area contributed by atoms with Crippen molar-refractivity contribution in [2.24, 2.45) is 4.40 Å². The van der Waals surface area contributed by atoms with Crippen LogP contribution in [0.25, 0.3) is 0 Å². The first-order valence-corrected chi connectivity index (χ1v) is 7.50. The SMILES string of the molecule is CCOc1cccc(Br)c1S(=O)(=O)/N=C/N(C)C. The summed E-state index contributed by atoms with van der Waals surface area (Å²) in [5, 5.41) is 0. The largest absolute Gasteiger partial charge is 0.492 e. The molecule has 0 unspecified atom stereocenters. The summed E-state index contributed by atoms with van der Waals surface area (Å²) in [7, 11) is -0.389. The second kappa shape index (κ2) is 6.19. The highest BCUT2D eigenvalue weighted by molar-refractivity contribution is 9.10. The van der Waals surface area contributed by atoms with Gasteiger partial charge in [-0.25, -0.2) is 0 Å². The Balaban J connectivity index is 3.31. The molecule has 0 fully saturated rings. The predicted molar refractivity (Wildman–Crippen MR) is 74.7 cm³/mol. The third kappa shape index (κ3) is 3.71. The molecule has 100 valence electrons. The smallest absolute Gasteiger partial charge is 0.288 e. The Morgan fingerprint density at radius 2 is 2.11 bits per heavy atom. The molecule has 0 aromatic heterocycles. The number of ether oxygens (including phenoxy) is 1. The number of hydrogen-bond acceptors (Lipinski definition) is 3. The molecule has 0 aliphatic rings. The van der Waals surface area contributed by atoms with Crippen LogP contribution in [0.2, 0.25) is 0 Å². The van der Waals surface area contributed by atoms with Crippen molar-refractivity contribution in [3.63, 3.8) is 0 Å². The molecule has 0 amide bonds. The normalized spacial score (nSPS) is 11.8. The second-order valence-electron chi connectivity index (χ2n) is 3.66. The molecule has 0 N–H and O–H groups in total. The van der Waals surface area contributed by atoms with E-state index in [1.54, 1.807) is 44.1 Å². The number of nitrogens with zero attached hydrogens (tertiary/aromatic N) is 2. The third-order valence-electron chi connectivity index (χ3n) is 1.91. The van der Waals surface area contributed by atoms with Crippen molar-refractivity contribution < 1.29 is 13.2 Å². The van der Waals surface area contributed by atoms with Crippen molar-refractivity contribution in [2.75, 3.05) is 20.7 Å². The van der Waals surface area contributed by atoms with Crippen molar-refractivity contribution in [2.45, 2.75) is 11.8 Å². The van der Waals surface area contributed by atoms with Crippen LogP contribution in [0.1, 0.15) is 6.92 Å². The van der Waals surface area contributed by atoms with E-state index in [-0.39, 0.29) is 4.90 Å². The predicted octanol–water partition coefficient (Wildman–Crippen LogP) is 2.13. The maximum absolute atomic E-state index is 12.1. The molecule has 0 spiro atoms. The molecule has 5 nitrogen and oxygen atoms in total. The summed E-state index contributed by atoms with van der Waals surface area (Å²) in [6, 6.07) is 4.96. The van der Waals surface area contributed by atoms with Crippen molar-refractivity contribution in [3.8, 4) is 5.75 Å². The average Bonchev–Trinajstić information content (AvgIpc) is 2.27. The fraction of sp³-hybridized carbons (Fsp3) is 0.364. The summed E-state index contributed by atoms with van der Waals surface area (Å²) < 4.78 is 33.6. The lowest BCUT2D eigenvalue weighted by molar-refractivity contribution is 0.330. The van der Waals surface area contributed by atoms with E-state index in [4.69, 9.17) is 4.74 Å². The lowest BCUT2D eigenvalue weighted by Gasteiger charge is -2.10. The van der Waals surface area contributed by atoms with Crippen LogP contribution < -0.4 is 4.74 Å². The molecule has 0 atom stereocenters. The molecule has 0 aliphatic carbocycles. The molecule has 0 heterocycles. The minimum atomic E-state index is -3.78. The van der Waals surface area contributed by atoms with Gasteiger partial charge in [0.15, 0.2) is 0 Å². The van der Waals surface area contributed by atoms with E-state index in [9.17, 15) is 8.42 Å². The van der Waals surface area contributed by atoms with Gasteiger partial charge in [0.05, 0.1) is 6.61 Å². The van der Waals surface area contributed by atoms with Crippen LogP contribution >= 0.6 is 15.9 Å². The van der Waals surface area contributed by atoms with E-state index in [0.717, 1.165) is 0 Å². The van der Waals surface area contributed by atoms with Crippen molar-refractivity contribution in [1.82, 2.24) is 4.90 Å². The fourth-order valence-electron chi connectivity index (χ4n) is 1.22. The minimum absolute atomic E-state index is 0.0463. The maximum atomic E-state index is 12.1. The van der Waals surface area contributed by atoms with Gasteiger partial charge in [0.2, 0.25) is 0 Å². The van der Waals surface area contributed by atoms with Crippen molar-refractivity contribution in [1.29, 1.82) is 0 Å². The zero-order valence-corrected chi connectivity index (χ0v) is 12.8. The molecule has 0 bridgehead atoms. The molecular formula is C11H15BrN2O3S. The molecule has 18 heavy (non-hydrogen) atoms. The van der Waals surface area contributed by atoms with Crippen LogP contribution in [0, 0.1) is 0 Å². The first kappa shape index (κ1) is 15.0. The van der Waals surface area contributed by atoms with E-state index < -0.39 is 10.0 Å². The minimum Gasteiger partial charge on any atom is -0.492 e. The average molecular weight is 335 g/mol. The van der Waals surface area contributed by atoms with Crippen LogP contribution in [0.15, 0.2) is 32.0 Å². The molecule has 1 aromatic carbocycles. The summed E-state index contributed by atoms with van der Waals surface area (Å²) in [6.45, 7) is 2.18. The summed E-state index contributed by atoms with van der Waals surface area (Å²) in [6.07, 6.45) is 1.24. The zero-order chi connectivity index (χ0) is 13.8. The molecule has 0 saturated carbocycles. The van der Waals surface area contributed by atoms with Gasteiger partial charge in [-0.2, -0.15) is 8.42 Å². The van der Waals surface area contributed by atoms with Gasteiger partial charge in [0.1, 0.15) is 17.0 Å². The highest BCUT2D eigenvalue weighted by atomic mass is 79.9. The fourth-order valence-corrected chi connectivity index (χ4v) is 3.29. The summed E-state index contributed by atoms with van der Waals surface area (Å²) in [5.41, 5.74) is 0. The Bertz CT molecular complexity index is 541. The van der Waals surface area contributed by atoms with E-state index in [1.807, 2.05) is 0 Å². The lowest BCUT2D eigenvalue weighted by Crippen LogP contribution is -2.11. The van der Waals surface area contributed by atoms with Crippen LogP contribution in [0.5, 0.6) is 5.75 Å². The van der Waals surface area contributed by atoms with Crippen molar-refractivity contribution in [3.05, 3.63) is 22.7 Å². The summed E-state index contributed by atoms with van der Waals surface area (Å²) >= 11 is 3.21. The molecule has 7 heteroatoms. The van der Waals surface area contributed by atoms with Gasteiger partial charge in [-0.1, -0.05) is 6.07 Å². The van der Waals surface area contributed by atoms with Gasteiger partial charge in [-0.05, 0) is 35.0 Å². The van der Waals surface area contributed by atoms with Crippen LogP contribution in [0.4, 0.5) is 0 Å². The topological polar surface area (TPSA) is 59.0 Å². The molecule has 0 saturated heterocycles. The number of sulfonamides is 1. The summed E-state index contributed by atoms with van der Waals surface area (Å²) in [4.78, 5) is 1.60. The number of halogens is 1. The molecule has 0 radical (unpaired) electrons. The van der Waals surface area contributed by atoms with E-state index in [0.29, 0.717) is 16.8 Å². The quantitative estimate of drug-likeness (QED) is 0.611. The van der Waals surface area contributed by atoms with Gasteiger partial charge < -0.3 is 9.64 Å². The monoisotopic (exact) mass is 334 g/mol. The second-order valence-corrected chi connectivity index (χ2v) is 6.08. The highest BCUT2D eigenvalue weighted by Crippen LogP contribution is 2.32. The molecule has 1 aromatic rings. The molecule has 0 aliphatic heterocycles. The van der Waals surface area contributed by atoms with Crippen LogP contribution in [0.3, 0.4) is 0 Å². The Hall–Kier alpha value is -1.08. The Morgan fingerprint density at radius 3 is 2.67 bits per heavy atom. The number of hydrogen-bond donors (Lipinski definition) is 0. The van der Waals surface area contributed by atoms with Gasteiger partial charge in [0, 0.05) is 18.6 Å². The van der Waals surface area contributed by atoms with E-state index >= 15 is 0 Å². The molecular weight excluding hydrogens is 320 g/mol. The van der Waals surface area contributed by atoms with Crippen LogP contribution in [-0.2, 0) is 10.0 Å². The Kier molecular flexibility index (Phi) is 5.15. The Labute approximate surface area is 116 Å². The highest BCUT2D eigenvalue weighted by Gasteiger charge is 2.21.